The Balaban J connectivity index is 2.12. The average Bonchev–Trinajstić information content (AvgIpc) is 2.38. The van der Waals surface area contributed by atoms with E-state index in [1.807, 2.05) is 25.1 Å². The van der Waals surface area contributed by atoms with Crippen molar-refractivity contribution in [2.75, 3.05) is 0 Å². The molecule has 2 rings (SSSR count). The van der Waals surface area contributed by atoms with Crippen LogP contribution in [0.5, 0.6) is 5.75 Å². The molecule has 0 aromatic heterocycles. The Bertz CT molecular complexity index is 536. The minimum Gasteiger partial charge on any atom is -0.488 e. The Morgan fingerprint density at radius 2 is 1.60 bits per heavy atom. The first-order chi connectivity index (χ1) is 9.56. The van der Waals surface area contributed by atoms with Crippen LogP contribution in [0.1, 0.15) is 29.2 Å². The number of hydrogen-bond acceptors (Lipinski definition) is 2. The van der Waals surface area contributed by atoms with E-state index in [0.29, 0.717) is 13.0 Å². The van der Waals surface area contributed by atoms with Gasteiger partial charge in [0.25, 0.3) is 0 Å². The highest BCUT2D eigenvalue weighted by Gasteiger charge is 2.08. The van der Waals surface area contributed by atoms with E-state index in [1.165, 1.54) is 5.56 Å². The molecule has 0 saturated carbocycles. The van der Waals surface area contributed by atoms with Crippen molar-refractivity contribution in [2.45, 2.75) is 39.9 Å². The van der Waals surface area contributed by atoms with E-state index in [1.54, 1.807) is 0 Å². The predicted molar refractivity (Wildman–Crippen MR) is 82.1 cm³/mol. The largest absolute Gasteiger partial charge is 0.488 e. The van der Waals surface area contributed by atoms with Gasteiger partial charge in [-0.25, -0.2) is 0 Å². The molecule has 20 heavy (non-hydrogen) atoms. The van der Waals surface area contributed by atoms with Crippen LogP contribution in [0.4, 0.5) is 0 Å². The molecule has 0 heterocycles. The third-order valence-electron chi connectivity index (χ3n) is 3.28. The number of rotatable bonds is 5. The maximum absolute atomic E-state index is 9.48. The summed E-state index contributed by atoms with van der Waals surface area (Å²) < 4.78 is 5.95. The van der Waals surface area contributed by atoms with Crippen molar-refractivity contribution in [2.24, 2.45) is 0 Å². The van der Waals surface area contributed by atoms with Crippen LogP contribution in [0.15, 0.2) is 42.5 Å². The molecule has 2 aromatic rings. The van der Waals surface area contributed by atoms with Gasteiger partial charge in [-0.15, -0.1) is 0 Å². The van der Waals surface area contributed by atoms with Gasteiger partial charge in [-0.3, -0.25) is 0 Å². The summed E-state index contributed by atoms with van der Waals surface area (Å²) in [6.45, 7) is 6.50. The van der Waals surface area contributed by atoms with Gasteiger partial charge in [0.15, 0.2) is 0 Å². The zero-order valence-electron chi connectivity index (χ0n) is 12.4. The van der Waals surface area contributed by atoms with E-state index in [-0.39, 0.29) is 6.10 Å². The lowest BCUT2D eigenvalue weighted by molar-refractivity contribution is 0.195. The number of hydrogen-bond donors (Lipinski definition) is 1. The summed E-state index contributed by atoms with van der Waals surface area (Å²) in [7, 11) is 0. The first kappa shape index (κ1) is 14.6. The zero-order chi connectivity index (χ0) is 14.5. The maximum atomic E-state index is 9.48. The Labute approximate surface area is 121 Å². The highest BCUT2D eigenvalue weighted by molar-refractivity contribution is 5.43. The minimum atomic E-state index is -0.315. The molecule has 0 fully saturated rings. The molecule has 2 aromatic carbocycles. The molecule has 0 bridgehead atoms. The highest BCUT2D eigenvalue weighted by atomic mass is 16.5. The number of aliphatic hydroxyl groups is 1. The van der Waals surface area contributed by atoms with Crippen LogP contribution in [-0.4, -0.2) is 11.2 Å². The third-order valence-corrected chi connectivity index (χ3v) is 3.28. The summed E-state index contributed by atoms with van der Waals surface area (Å²) >= 11 is 0. The molecule has 106 valence electrons. The molecule has 1 unspecified atom stereocenters. The molecule has 0 radical (unpaired) electrons. The van der Waals surface area contributed by atoms with Crippen LogP contribution >= 0.6 is 0 Å². The van der Waals surface area contributed by atoms with E-state index in [0.717, 1.165) is 22.4 Å². The summed E-state index contributed by atoms with van der Waals surface area (Å²) in [6, 6.07) is 14.4. The second-order valence-corrected chi connectivity index (χ2v) is 5.39. The van der Waals surface area contributed by atoms with Gasteiger partial charge in [-0.05, 0) is 49.4 Å². The number of benzene rings is 2. The first-order valence-electron chi connectivity index (χ1n) is 7.01. The molecule has 0 aliphatic heterocycles. The lowest BCUT2D eigenvalue weighted by Crippen LogP contribution is -2.06. The smallest absolute Gasteiger partial charge is 0.125 e. The maximum Gasteiger partial charge on any atom is 0.125 e. The Morgan fingerprint density at radius 1 is 1.00 bits per heavy atom. The van der Waals surface area contributed by atoms with Gasteiger partial charge in [-0.2, -0.15) is 0 Å². The van der Waals surface area contributed by atoms with E-state index < -0.39 is 0 Å². The second kappa shape index (κ2) is 6.58. The fourth-order valence-corrected chi connectivity index (χ4v) is 2.46. The van der Waals surface area contributed by atoms with Crippen molar-refractivity contribution in [3.63, 3.8) is 0 Å². The SMILES string of the molecule is Cc1cc(CC(C)O)cc(C)c1OCc1ccccc1. The molecular weight excluding hydrogens is 248 g/mol. The zero-order valence-corrected chi connectivity index (χ0v) is 12.4. The Hall–Kier alpha value is -1.80. The van der Waals surface area contributed by atoms with E-state index in [4.69, 9.17) is 4.74 Å². The molecule has 1 N–H and O–H groups in total. The first-order valence-corrected chi connectivity index (χ1v) is 7.01. The average molecular weight is 270 g/mol. The molecule has 0 spiro atoms. The molecule has 0 amide bonds. The van der Waals surface area contributed by atoms with Gasteiger partial charge in [0.2, 0.25) is 0 Å². The van der Waals surface area contributed by atoms with Gasteiger partial charge < -0.3 is 9.84 Å². The number of aryl methyl sites for hydroxylation is 2. The monoisotopic (exact) mass is 270 g/mol. The van der Waals surface area contributed by atoms with Crippen molar-refractivity contribution in [1.82, 2.24) is 0 Å². The summed E-state index contributed by atoms with van der Waals surface area (Å²) in [5.41, 5.74) is 4.56. The summed E-state index contributed by atoms with van der Waals surface area (Å²) in [5.74, 6) is 0.947. The fourth-order valence-electron chi connectivity index (χ4n) is 2.46. The molecule has 2 heteroatoms. The topological polar surface area (TPSA) is 29.5 Å². The van der Waals surface area contributed by atoms with Gasteiger partial charge >= 0.3 is 0 Å². The molecule has 2 nitrogen and oxygen atoms in total. The molecule has 0 saturated heterocycles. The van der Waals surface area contributed by atoms with Crippen LogP contribution < -0.4 is 4.74 Å². The van der Waals surface area contributed by atoms with E-state index >= 15 is 0 Å². The Morgan fingerprint density at radius 3 is 2.15 bits per heavy atom. The summed E-state index contributed by atoms with van der Waals surface area (Å²) in [5, 5.41) is 9.48. The van der Waals surface area contributed by atoms with E-state index in [9.17, 15) is 5.11 Å². The molecule has 0 aliphatic carbocycles. The molecular formula is C18H22O2. The van der Waals surface area contributed by atoms with Gasteiger partial charge in [0.1, 0.15) is 12.4 Å². The molecule has 0 aliphatic rings. The van der Waals surface area contributed by atoms with Crippen LogP contribution in [0.25, 0.3) is 0 Å². The highest BCUT2D eigenvalue weighted by Crippen LogP contribution is 2.26. The quantitative estimate of drug-likeness (QED) is 0.895. The Kier molecular flexibility index (Phi) is 4.80. The van der Waals surface area contributed by atoms with Crippen LogP contribution in [0, 0.1) is 13.8 Å². The van der Waals surface area contributed by atoms with Crippen LogP contribution in [0.3, 0.4) is 0 Å². The second-order valence-electron chi connectivity index (χ2n) is 5.39. The summed E-state index contributed by atoms with van der Waals surface area (Å²) in [6.07, 6.45) is 0.366. The lowest BCUT2D eigenvalue weighted by Gasteiger charge is -2.15. The van der Waals surface area contributed by atoms with Crippen molar-refractivity contribution >= 4 is 0 Å². The van der Waals surface area contributed by atoms with Gasteiger partial charge in [0, 0.05) is 0 Å². The van der Waals surface area contributed by atoms with Gasteiger partial charge in [0.05, 0.1) is 6.10 Å². The van der Waals surface area contributed by atoms with Crippen LogP contribution in [-0.2, 0) is 13.0 Å². The fraction of sp³-hybridized carbons (Fsp3) is 0.333. The number of ether oxygens (including phenoxy) is 1. The molecule has 1 atom stereocenters. The standard InChI is InChI=1S/C18H22O2/c1-13-9-17(11-15(3)19)10-14(2)18(13)20-12-16-7-5-4-6-8-16/h4-10,15,19H,11-12H2,1-3H3. The normalized spacial score (nSPS) is 12.2. The minimum absolute atomic E-state index is 0.315. The van der Waals surface area contributed by atoms with Crippen LogP contribution in [0.2, 0.25) is 0 Å². The van der Waals surface area contributed by atoms with Gasteiger partial charge in [-0.1, -0.05) is 42.5 Å². The van der Waals surface area contributed by atoms with Crippen molar-refractivity contribution < 1.29 is 9.84 Å². The predicted octanol–water partition coefficient (Wildman–Crippen LogP) is 3.81. The third kappa shape index (κ3) is 3.84. The van der Waals surface area contributed by atoms with E-state index in [2.05, 4.69) is 38.1 Å². The van der Waals surface area contributed by atoms with Crippen molar-refractivity contribution in [3.05, 3.63) is 64.7 Å². The van der Waals surface area contributed by atoms with Crippen molar-refractivity contribution in [1.29, 1.82) is 0 Å². The lowest BCUT2D eigenvalue weighted by atomic mass is 10.0. The summed E-state index contributed by atoms with van der Waals surface area (Å²) in [4.78, 5) is 0. The van der Waals surface area contributed by atoms with Crippen molar-refractivity contribution in [3.8, 4) is 5.75 Å². The number of aliphatic hydroxyl groups excluding tert-OH is 1.